The number of nitrogens with one attached hydrogen (secondary N) is 1. The Balaban J connectivity index is 1.57. The first-order valence-corrected chi connectivity index (χ1v) is 9.06. The number of carbonyl (C=O) groups is 3. The molecule has 1 heterocycles. The predicted molar refractivity (Wildman–Crippen MR) is 99.6 cm³/mol. The second-order valence-electron chi connectivity index (χ2n) is 6.26. The van der Waals surface area contributed by atoms with Gasteiger partial charge in [0.15, 0.2) is 0 Å². The van der Waals surface area contributed by atoms with E-state index in [2.05, 4.69) is 5.32 Å². The highest BCUT2D eigenvalue weighted by molar-refractivity contribution is 5.84. The summed E-state index contributed by atoms with van der Waals surface area (Å²) in [6.07, 6.45) is 0.319. The Kier molecular flexibility index (Phi) is 7.91. The van der Waals surface area contributed by atoms with Crippen LogP contribution in [0.4, 0.5) is 0 Å². The van der Waals surface area contributed by atoms with E-state index in [9.17, 15) is 14.4 Å². The smallest absolute Gasteiger partial charge is 0.223 e. The van der Waals surface area contributed by atoms with Gasteiger partial charge in [0.2, 0.25) is 17.7 Å². The SMILES string of the molecule is COc1ccc(OCCNC(=O)CCC(=O)N2CCN(C(C)=O)CC2)cc1. The molecule has 1 saturated heterocycles. The van der Waals surface area contributed by atoms with Crippen molar-refractivity contribution < 1.29 is 23.9 Å². The summed E-state index contributed by atoms with van der Waals surface area (Å²) >= 11 is 0. The van der Waals surface area contributed by atoms with Crippen LogP contribution in [0.2, 0.25) is 0 Å². The van der Waals surface area contributed by atoms with E-state index in [4.69, 9.17) is 9.47 Å². The van der Waals surface area contributed by atoms with Crippen LogP contribution in [0.3, 0.4) is 0 Å². The third kappa shape index (κ3) is 6.80. The highest BCUT2D eigenvalue weighted by Gasteiger charge is 2.22. The first-order chi connectivity index (χ1) is 13.0. The standard InChI is InChI=1S/C19H27N3O5/c1-15(23)21-10-12-22(13-11-21)19(25)8-7-18(24)20-9-14-27-17-5-3-16(26-2)4-6-17/h3-6H,7-14H2,1-2H3,(H,20,24). The lowest BCUT2D eigenvalue weighted by atomic mass is 10.2. The third-order valence-electron chi connectivity index (χ3n) is 4.40. The molecule has 1 aliphatic heterocycles. The molecule has 0 saturated carbocycles. The molecule has 1 fully saturated rings. The van der Waals surface area contributed by atoms with Gasteiger partial charge in [0.1, 0.15) is 18.1 Å². The van der Waals surface area contributed by atoms with Crippen molar-refractivity contribution in [3.8, 4) is 11.5 Å². The maximum Gasteiger partial charge on any atom is 0.223 e. The van der Waals surface area contributed by atoms with Crippen molar-refractivity contribution in [1.29, 1.82) is 0 Å². The Morgan fingerprint density at radius 2 is 1.56 bits per heavy atom. The maximum absolute atomic E-state index is 12.2. The first-order valence-electron chi connectivity index (χ1n) is 9.06. The molecule has 0 atom stereocenters. The number of methoxy groups -OCH3 is 1. The fourth-order valence-corrected chi connectivity index (χ4v) is 2.77. The van der Waals surface area contributed by atoms with E-state index in [1.807, 2.05) is 0 Å². The summed E-state index contributed by atoms with van der Waals surface area (Å²) in [4.78, 5) is 38.7. The first kappa shape index (κ1) is 20.5. The van der Waals surface area contributed by atoms with Gasteiger partial charge in [0.05, 0.1) is 13.7 Å². The molecule has 2 rings (SSSR count). The molecule has 0 unspecified atom stereocenters. The van der Waals surface area contributed by atoms with Crippen LogP contribution in [0.15, 0.2) is 24.3 Å². The van der Waals surface area contributed by atoms with E-state index < -0.39 is 0 Å². The van der Waals surface area contributed by atoms with Gasteiger partial charge in [-0.25, -0.2) is 0 Å². The molecule has 0 radical (unpaired) electrons. The van der Waals surface area contributed by atoms with Crippen molar-refractivity contribution >= 4 is 17.7 Å². The highest BCUT2D eigenvalue weighted by atomic mass is 16.5. The van der Waals surface area contributed by atoms with E-state index >= 15 is 0 Å². The molecule has 0 aromatic heterocycles. The van der Waals surface area contributed by atoms with Gasteiger partial charge in [0.25, 0.3) is 0 Å². The summed E-state index contributed by atoms with van der Waals surface area (Å²) in [5.74, 6) is 1.25. The number of ether oxygens (including phenoxy) is 2. The molecule has 27 heavy (non-hydrogen) atoms. The number of benzene rings is 1. The van der Waals surface area contributed by atoms with E-state index in [0.717, 1.165) is 5.75 Å². The zero-order chi connectivity index (χ0) is 19.6. The molecule has 8 nitrogen and oxygen atoms in total. The fourth-order valence-electron chi connectivity index (χ4n) is 2.77. The largest absolute Gasteiger partial charge is 0.497 e. The lowest BCUT2D eigenvalue weighted by Crippen LogP contribution is -2.50. The zero-order valence-corrected chi connectivity index (χ0v) is 15.9. The van der Waals surface area contributed by atoms with Crippen LogP contribution in [-0.2, 0) is 14.4 Å². The molecule has 8 heteroatoms. The van der Waals surface area contributed by atoms with Gasteiger partial charge in [0, 0.05) is 45.9 Å². The Bertz CT molecular complexity index is 639. The molecule has 1 N–H and O–H groups in total. The summed E-state index contributed by atoms with van der Waals surface area (Å²) in [7, 11) is 1.60. The summed E-state index contributed by atoms with van der Waals surface area (Å²) in [6.45, 7) is 4.40. The third-order valence-corrected chi connectivity index (χ3v) is 4.40. The van der Waals surface area contributed by atoms with Crippen molar-refractivity contribution in [2.24, 2.45) is 0 Å². The number of rotatable bonds is 8. The maximum atomic E-state index is 12.2. The van der Waals surface area contributed by atoms with Crippen molar-refractivity contribution in [3.63, 3.8) is 0 Å². The molecule has 3 amide bonds. The van der Waals surface area contributed by atoms with E-state index in [-0.39, 0.29) is 30.6 Å². The predicted octanol–water partition coefficient (Wildman–Crippen LogP) is 0.661. The Morgan fingerprint density at radius 1 is 0.963 bits per heavy atom. The number of carbonyl (C=O) groups excluding carboxylic acids is 3. The molecule has 0 bridgehead atoms. The quantitative estimate of drug-likeness (QED) is 0.673. The van der Waals surface area contributed by atoms with Crippen LogP contribution in [0.5, 0.6) is 11.5 Å². The van der Waals surface area contributed by atoms with Crippen LogP contribution in [0, 0.1) is 0 Å². The summed E-state index contributed by atoms with van der Waals surface area (Å²) in [5, 5.41) is 2.74. The van der Waals surface area contributed by atoms with Crippen LogP contribution < -0.4 is 14.8 Å². The van der Waals surface area contributed by atoms with Gasteiger partial charge >= 0.3 is 0 Å². The molecule has 1 aliphatic rings. The highest BCUT2D eigenvalue weighted by Crippen LogP contribution is 2.16. The molecular weight excluding hydrogens is 350 g/mol. The lowest BCUT2D eigenvalue weighted by molar-refractivity contribution is -0.139. The second kappa shape index (κ2) is 10.4. The van der Waals surface area contributed by atoms with Crippen LogP contribution in [0.1, 0.15) is 19.8 Å². The van der Waals surface area contributed by atoms with Gasteiger partial charge in [-0.05, 0) is 24.3 Å². The minimum atomic E-state index is -0.177. The monoisotopic (exact) mass is 377 g/mol. The van der Waals surface area contributed by atoms with Crippen LogP contribution >= 0.6 is 0 Å². The Morgan fingerprint density at radius 3 is 2.15 bits per heavy atom. The molecule has 1 aromatic carbocycles. The van der Waals surface area contributed by atoms with Gasteiger partial charge in [-0.3, -0.25) is 14.4 Å². The van der Waals surface area contributed by atoms with E-state index in [1.54, 1.807) is 41.2 Å². The average molecular weight is 377 g/mol. The number of hydrogen-bond acceptors (Lipinski definition) is 5. The van der Waals surface area contributed by atoms with Gasteiger partial charge in [-0.1, -0.05) is 0 Å². The summed E-state index contributed by atoms with van der Waals surface area (Å²) in [5.41, 5.74) is 0. The molecule has 0 spiro atoms. The zero-order valence-electron chi connectivity index (χ0n) is 15.9. The lowest BCUT2D eigenvalue weighted by Gasteiger charge is -2.34. The van der Waals surface area contributed by atoms with Crippen molar-refractivity contribution in [1.82, 2.24) is 15.1 Å². The van der Waals surface area contributed by atoms with Crippen molar-refractivity contribution in [3.05, 3.63) is 24.3 Å². The van der Waals surface area contributed by atoms with E-state index in [1.165, 1.54) is 6.92 Å². The summed E-state index contributed by atoms with van der Waals surface area (Å²) < 4.78 is 10.6. The molecule has 148 valence electrons. The number of amides is 3. The van der Waals surface area contributed by atoms with Crippen LogP contribution in [0.25, 0.3) is 0 Å². The summed E-state index contributed by atoms with van der Waals surface area (Å²) in [6, 6.07) is 7.20. The fraction of sp³-hybridized carbons (Fsp3) is 0.526. The Hall–Kier alpha value is -2.77. The Labute approximate surface area is 159 Å². The van der Waals surface area contributed by atoms with Gasteiger partial charge in [-0.2, -0.15) is 0 Å². The van der Waals surface area contributed by atoms with Crippen molar-refractivity contribution in [2.75, 3.05) is 46.4 Å². The molecular formula is C19H27N3O5. The normalized spacial score (nSPS) is 13.9. The second-order valence-corrected chi connectivity index (χ2v) is 6.26. The number of hydrogen-bond donors (Lipinski definition) is 1. The molecule has 1 aromatic rings. The molecule has 0 aliphatic carbocycles. The minimum absolute atomic E-state index is 0.0262. The van der Waals surface area contributed by atoms with Crippen LogP contribution in [-0.4, -0.2) is 74.0 Å². The van der Waals surface area contributed by atoms with Gasteiger partial charge < -0.3 is 24.6 Å². The number of piperazine rings is 1. The van der Waals surface area contributed by atoms with Gasteiger partial charge in [-0.15, -0.1) is 0 Å². The topological polar surface area (TPSA) is 88.2 Å². The van der Waals surface area contributed by atoms with Crippen molar-refractivity contribution in [2.45, 2.75) is 19.8 Å². The number of nitrogens with zero attached hydrogens (tertiary/aromatic N) is 2. The van der Waals surface area contributed by atoms with E-state index in [0.29, 0.717) is 45.1 Å². The minimum Gasteiger partial charge on any atom is -0.497 e. The average Bonchev–Trinajstić information content (AvgIpc) is 2.70.